The highest BCUT2D eigenvalue weighted by Crippen LogP contribution is 2.38. The van der Waals surface area contributed by atoms with Crippen LogP contribution < -0.4 is 4.89 Å². The van der Waals surface area contributed by atoms with Gasteiger partial charge in [0.25, 0.3) is 7.82 Å². The summed E-state index contributed by atoms with van der Waals surface area (Å²) in [5.74, 6) is -0.446. The summed E-state index contributed by atoms with van der Waals surface area (Å²) in [6, 6.07) is 0. The van der Waals surface area contributed by atoms with Gasteiger partial charge in [-0.1, -0.05) is 6.58 Å². The smallest absolute Gasteiger partial charge is 0.466 e. The van der Waals surface area contributed by atoms with Gasteiger partial charge >= 0.3 is 13.8 Å². The Balaban J connectivity index is 0. The molecule has 1 atom stereocenters. The molecule has 174 valence electrons. The molecule has 0 heterocycles. The summed E-state index contributed by atoms with van der Waals surface area (Å²) in [5, 5.41) is 0. The molecule has 1 unspecified atom stereocenters. The number of hydrogen-bond acceptors (Lipinski definition) is 7. The number of likely N-dealkylation sites (N-methyl/N-ethyl adjacent to an activating group) is 1. The van der Waals surface area contributed by atoms with Crippen LogP contribution in [0.5, 0.6) is 0 Å². The number of quaternary nitrogens is 1. The van der Waals surface area contributed by atoms with Gasteiger partial charge in [-0.3, -0.25) is 4.57 Å². The Morgan fingerprint density at radius 1 is 0.966 bits per heavy atom. The van der Waals surface area contributed by atoms with Gasteiger partial charge in [0.15, 0.2) is 0 Å². The van der Waals surface area contributed by atoms with E-state index in [4.69, 9.17) is 33.0 Å². The van der Waals surface area contributed by atoms with E-state index in [1.165, 1.54) is 0 Å². The fraction of sp³-hybridized carbons (Fsp3) is 0.812. The van der Waals surface area contributed by atoms with Crippen LogP contribution in [0.4, 0.5) is 0 Å². The lowest BCUT2D eigenvalue weighted by molar-refractivity contribution is -0.923. The number of hydrogen-bond donors (Lipinski definition) is 3. The van der Waals surface area contributed by atoms with Crippen molar-refractivity contribution in [2.24, 2.45) is 0 Å². The number of ether oxygens (including phenoxy) is 1. The Morgan fingerprint density at radius 3 is 1.79 bits per heavy atom. The Bertz CT molecular complexity index is 558. The first-order valence-corrected chi connectivity index (χ1v) is 12.3. The monoisotopic (exact) mass is 463 g/mol. The van der Waals surface area contributed by atoms with Crippen molar-refractivity contribution < 1.29 is 51.8 Å². The van der Waals surface area contributed by atoms with E-state index in [0.717, 1.165) is 24.1 Å². The van der Waals surface area contributed by atoms with E-state index >= 15 is 0 Å². The number of phosphoric acid groups is 2. The van der Waals surface area contributed by atoms with Crippen LogP contribution in [-0.4, -0.2) is 71.1 Å². The highest BCUT2D eigenvalue weighted by atomic mass is 31.2. The molecule has 0 aliphatic carbocycles. The molecule has 29 heavy (non-hydrogen) atoms. The predicted molar refractivity (Wildman–Crippen MR) is 106 cm³/mol. The average Bonchev–Trinajstić information content (AvgIpc) is 2.60. The van der Waals surface area contributed by atoms with Crippen molar-refractivity contribution in [2.45, 2.75) is 40.5 Å². The molecule has 0 spiro atoms. The Labute approximate surface area is 172 Å². The summed E-state index contributed by atoms with van der Waals surface area (Å²) < 4.78 is 36.0. The molecular weight excluding hydrogens is 428 g/mol. The van der Waals surface area contributed by atoms with Gasteiger partial charge in [0, 0.05) is 5.57 Å². The zero-order valence-electron chi connectivity index (χ0n) is 17.6. The quantitative estimate of drug-likeness (QED) is 0.113. The summed E-state index contributed by atoms with van der Waals surface area (Å²) in [4.78, 5) is 44.4. The van der Waals surface area contributed by atoms with Gasteiger partial charge in [-0.05, 0) is 40.5 Å². The lowest BCUT2D eigenvalue weighted by Gasteiger charge is -2.36. The molecule has 0 bridgehead atoms. The van der Waals surface area contributed by atoms with Crippen LogP contribution in [0, 0.1) is 0 Å². The lowest BCUT2D eigenvalue weighted by Crippen LogP contribution is -2.49. The van der Waals surface area contributed by atoms with Crippen molar-refractivity contribution in [3.63, 3.8) is 0 Å². The van der Waals surface area contributed by atoms with Crippen LogP contribution in [0.15, 0.2) is 12.2 Å². The van der Waals surface area contributed by atoms with Crippen molar-refractivity contribution in [3.8, 4) is 0 Å². The maximum absolute atomic E-state index is 11.7. The van der Waals surface area contributed by atoms with E-state index in [1.54, 1.807) is 6.92 Å². The summed E-state index contributed by atoms with van der Waals surface area (Å²) in [5.41, 5.74) is 0.337. The second-order valence-corrected chi connectivity index (χ2v) is 8.70. The summed E-state index contributed by atoms with van der Waals surface area (Å²) in [7, 11) is -8.91. The number of unbranched alkanes of at least 4 members (excludes halogenated alkanes) is 1. The van der Waals surface area contributed by atoms with Crippen molar-refractivity contribution in [3.05, 3.63) is 12.2 Å². The van der Waals surface area contributed by atoms with Crippen LogP contribution in [0.25, 0.3) is 0 Å². The molecule has 11 nitrogen and oxygen atoms in total. The Morgan fingerprint density at radius 2 is 1.38 bits per heavy atom. The molecule has 0 aromatic rings. The average molecular weight is 463 g/mol. The third-order valence-electron chi connectivity index (χ3n) is 4.20. The molecule has 3 N–H and O–H groups in total. The van der Waals surface area contributed by atoms with E-state index in [0.29, 0.717) is 25.0 Å². The first-order valence-electron chi connectivity index (χ1n) is 9.28. The maximum atomic E-state index is 11.7. The minimum atomic E-state index is -4.64. The van der Waals surface area contributed by atoms with Crippen LogP contribution in [-0.2, 0) is 27.7 Å². The van der Waals surface area contributed by atoms with Gasteiger partial charge in [0.2, 0.25) is 0 Å². The number of rotatable bonds is 14. The van der Waals surface area contributed by atoms with Gasteiger partial charge < -0.3 is 37.8 Å². The lowest BCUT2D eigenvalue weighted by atomic mass is 10.3. The zero-order valence-corrected chi connectivity index (χ0v) is 19.4. The molecule has 0 aromatic heterocycles. The van der Waals surface area contributed by atoms with Gasteiger partial charge in [-0.15, -0.1) is 0 Å². The summed E-state index contributed by atoms with van der Waals surface area (Å²) in [6.45, 7) is 15.1. The standard InChI is InChI=1S/C16H32NO6P.H3O4P/c1-6-17(7-2,8-3)11-14-23-24(19,20)22-13-10-9-12-21-16(18)15(4)5;1-5(2,3)4/h4,6-14H2,1-3,5H3;(H3,1,2,3,4). The van der Waals surface area contributed by atoms with Crippen molar-refractivity contribution >= 4 is 21.6 Å². The third-order valence-corrected chi connectivity index (χ3v) is 5.19. The highest BCUT2D eigenvalue weighted by molar-refractivity contribution is 7.45. The van der Waals surface area contributed by atoms with Crippen molar-refractivity contribution in [1.82, 2.24) is 0 Å². The summed E-state index contributed by atoms with van der Waals surface area (Å²) in [6.07, 6.45) is 0.971. The van der Waals surface area contributed by atoms with E-state index in [9.17, 15) is 14.3 Å². The number of phosphoric ester groups is 1. The Kier molecular flexibility index (Phi) is 16.1. The second-order valence-electron chi connectivity index (χ2n) is 6.26. The van der Waals surface area contributed by atoms with Crippen LogP contribution in [0.1, 0.15) is 40.5 Å². The van der Waals surface area contributed by atoms with E-state index in [2.05, 4.69) is 27.4 Å². The molecule has 0 saturated carbocycles. The molecule has 0 aliphatic rings. The first kappa shape index (κ1) is 30.6. The van der Waals surface area contributed by atoms with Crippen LogP contribution in [0.3, 0.4) is 0 Å². The SMILES string of the molecule is C=C(C)C(=O)OCCCCOP(=O)([O-])OCC[N+](CC)(CC)CC.O=P(O)(O)O. The largest absolute Gasteiger partial charge is 0.756 e. The molecular formula is C16H35NO10P2. The topological polar surface area (TPSA) is 163 Å². The van der Waals surface area contributed by atoms with Crippen LogP contribution in [0.2, 0.25) is 0 Å². The molecule has 13 heteroatoms. The van der Waals surface area contributed by atoms with Gasteiger partial charge in [-0.25, -0.2) is 9.36 Å². The van der Waals surface area contributed by atoms with Crippen molar-refractivity contribution in [2.75, 3.05) is 46.0 Å². The van der Waals surface area contributed by atoms with Crippen LogP contribution >= 0.6 is 15.6 Å². The normalized spacial score (nSPS) is 13.8. The number of carbonyl (C=O) groups is 1. The molecule has 0 amide bonds. The second kappa shape index (κ2) is 15.2. The molecule has 0 radical (unpaired) electrons. The van der Waals surface area contributed by atoms with Gasteiger partial charge in [0.05, 0.1) is 32.8 Å². The summed E-state index contributed by atoms with van der Waals surface area (Å²) >= 11 is 0. The first-order chi connectivity index (χ1) is 13.2. The third kappa shape index (κ3) is 19.1. The molecule has 0 rings (SSSR count). The fourth-order valence-electron chi connectivity index (χ4n) is 2.20. The molecule has 0 fully saturated rings. The minimum absolute atomic E-state index is 0.0146. The molecule has 0 aliphatic heterocycles. The highest BCUT2D eigenvalue weighted by Gasteiger charge is 2.21. The Hall–Kier alpha value is -0.610. The maximum Gasteiger partial charge on any atom is 0.466 e. The molecule has 0 aromatic carbocycles. The number of carbonyl (C=O) groups excluding carboxylic acids is 1. The fourth-order valence-corrected chi connectivity index (χ4v) is 2.93. The van der Waals surface area contributed by atoms with Crippen molar-refractivity contribution in [1.29, 1.82) is 0 Å². The molecule has 0 saturated heterocycles. The van der Waals surface area contributed by atoms with E-state index < -0.39 is 21.6 Å². The number of nitrogens with zero attached hydrogens (tertiary/aromatic N) is 1. The predicted octanol–water partition coefficient (Wildman–Crippen LogP) is 1.34. The minimum Gasteiger partial charge on any atom is -0.756 e. The van der Waals surface area contributed by atoms with Gasteiger partial charge in [-0.2, -0.15) is 0 Å². The van der Waals surface area contributed by atoms with Gasteiger partial charge in [0.1, 0.15) is 13.2 Å². The zero-order chi connectivity index (χ0) is 23.1. The van der Waals surface area contributed by atoms with E-state index in [-0.39, 0.29) is 19.8 Å². The number of esters is 1. The van der Waals surface area contributed by atoms with E-state index in [1.807, 2.05) is 0 Å².